The Morgan fingerprint density at radius 3 is 2.60 bits per heavy atom. The van der Waals surface area contributed by atoms with Gasteiger partial charge in [-0.25, -0.2) is 4.98 Å². The van der Waals surface area contributed by atoms with Gasteiger partial charge >= 0.3 is 0 Å². The predicted molar refractivity (Wildman–Crippen MR) is 103 cm³/mol. The summed E-state index contributed by atoms with van der Waals surface area (Å²) in [6, 6.07) is 16.0. The Labute approximate surface area is 148 Å². The van der Waals surface area contributed by atoms with Crippen LogP contribution in [0.15, 0.2) is 48.5 Å². The molecule has 5 nitrogen and oxygen atoms in total. The van der Waals surface area contributed by atoms with Gasteiger partial charge in [-0.15, -0.1) is 0 Å². The van der Waals surface area contributed by atoms with Gasteiger partial charge in [0.15, 0.2) is 0 Å². The summed E-state index contributed by atoms with van der Waals surface area (Å²) in [5.74, 6) is 2.36. The number of anilines is 2. The lowest BCUT2D eigenvalue weighted by molar-refractivity contribution is 0.410. The van der Waals surface area contributed by atoms with E-state index in [-0.39, 0.29) is 0 Å². The van der Waals surface area contributed by atoms with E-state index >= 15 is 0 Å². The van der Waals surface area contributed by atoms with Crippen molar-refractivity contribution in [3.63, 3.8) is 0 Å². The van der Waals surface area contributed by atoms with Gasteiger partial charge in [-0.1, -0.05) is 43.7 Å². The average Bonchev–Trinajstić information content (AvgIpc) is 2.66. The summed E-state index contributed by atoms with van der Waals surface area (Å²) in [7, 11) is 1.69. The standard InChI is InChI=1S/C20H24N4O/c1-3-4-13-21-20-23-17-11-7-6-10-16(17)19(24-20)22-14-15-9-5-8-12-18(15)25-2/h5-12H,3-4,13-14H2,1-2H3,(H2,21,22,23,24). The van der Waals surface area contributed by atoms with Gasteiger partial charge in [0.2, 0.25) is 5.95 Å². The third-order valence-electron chi connectivity index (χ3n) is 4.06. The molecular formula is C20H24N4O. The van der Waals surface area contributed by atoms with Crippen molar-refractivity contribution >= 4 is 22.7 Å². The molecule has 3 rings (SSSR count). The molecule has 130 valence electrons. The zero-order valence-corrected chi connectivity index (χ0v) is 14.7. The summed E-state index contributed by atoms with van der Waals surface area (Å²) in [6.07, 6.45) is 2.24. The highest BCUT2D eigenvalue weighted by molar-refractivity contribution is 5.90. The molecule has 5 heteroatoms. The third kappa shape index (κ3) is 4.18. The third-order valence-corrected chi connectivity index (χ3v) is 4.06. The molecule has 0 amide bonds. The van der Waals surface area contributed by atoms with E-state index in [1.165, 1.54) is 0 Å². The smallest absolute Gasteiger partial charge is 0.225 e. The quantitative estimate of drug-likeness (QED) is 0.595. The number of para-hydroxylation sites is 2. The van der Waals surface area contributed by atoms with Crippen LogP contribution in [0, 0.1) is 0 Å². The van der Waals surface area contributed by atoms with Crippen LogP contribution >= 0.6 is 0 Å². The number of nitrogens with one attached hydrogen (secondary N) is 2. The topological polar surface area (TPSA) is 59.1 Å². The summed E-state index contributed by atoms with van der Waals surface area (Å²) in [4.78, 5) is 9.28. The molecule has 2 N–H and O–H groups in total. The van der Waals surface area contributed by atoms with Crippen LogP contribution in [0.1, 0.15) is 25.3 Å². The largest absolute Gasteiger partial charge is 0.496 e. The van der Waals surface area contributed by atoms with Gasteiger partial charge in [0.25, 0.3) is 0 Å². The summed E-state index contributed by atoms with van der Waals surface area (Å²) in [6.45, 7) is 3.68. The number of rotatable bonds is 8. The second-order valence-corrected chi connectivity index (χ2v) is 5.86. The Bertz CT molecular complexity index is 835. The molecule has 0 unspecified atom stereocenters. The Kier molecular flexibility index (Phi) is 5.67. The van der Waals surface area contributed by atoms with Crippen LogP contribution in [-0.2, 0) is 6.54 Å². The zero-order chi connectivity index (χ0) is 17.5. The fourth-order valence-electron chi connectivity index (χ4n) is 2.70. The molecular weight excluding hydrogens is 312 g/mol. The number of unbranched alkanes of at least 4 members (excludes halogenated alkanes) is 1. The van der Waals surface area contributed by atoms with Crippen LogP contribution < -0.4 is 15.4 Å². The summed E-state index contributed by atoms with van der Waals surface area (Å²) in [5.41, 5.74) is 2.02. The van der Waals surface area contributed by atoms with Crippen LogP contribution in [0.5, 0.6) is 5.75 Å². The van der Waals surface area contributed by atoms with Gasteiger partial charge in [0.05, 0.1) is 12.6 Å². The van der Waals surface area contributed by atoms with Crippen molar-refractivity contribution in [3.05, 3.63) is 54.1 Å². The van der Waals surface area contributed by atoms with E-state index in [1.54, 1.807) is 7.11 Å². The van der Waals surface area contributed by atoms with Gasteiger partial charge < -0.3 is 15.4 Å². The Morgan fingerprint density at radius 1 is 0.960 bits per heavy atom. The SMILES string of the molecule is CCCCNc1nc(NCc2ccccc2OC)c2ccccc2n1. The predicted octanol–water partition coefficient (Wildman–Crippen LogP) is 4.46. The fraction of sp³-hybridized carbons (Fsp3) is 0.300. The van der Waals surface area contributed by atoms with Crippen molar-refractivity contribution in [1.29, 1.82) is 0 Å². The van der Waals surface area contributed by atoms with E-state index in [0.29, 0.717) is 12.5 Å². The van der Waals surface area contributed by atoms with E-state index < -0.39 is 0 Å². The maximum Gasteiger partial charge on any atom is 0.225 e. The molecule has 1 aromatic heterocycles. The van der Waals surface area contributed by atoms with Gasteiger partial charge in [-0.2, -0.15) is 4.98 Å². The lowest BCUT2D eigenvalue weighted by Crippen LogP contribution is -2.09. The van der Waals surface area contributed by atoms with E-state index in [9.17, 15) is 0 Å². The minimum Gasteiger partial charge on any atom is -0.496 e. The molecule has 25 heavy (non-hydrogen) atoms. The highest BCUT2D eigenvalue weighted by atomic mass is 16.5. The fourth-order valence-corrected chi connectivity index (χ4v) is 2.70. The maximum atomic E-state index is 5.43. The van der Waals surface area contributed by atoms with Gasteiger partial charge in [-0.05, 0) is 24.6 Å². The van der Waals surface area contributed by atoms with Crippen molar-refractivity contribution in [2.75, 3.05) is 24.3 Å². The molecule has 0 aliphatic carbocycles. The highest BCUT2D eigenvalue weighted by Crippen LogP contribution is 2.24. The first-order valence-electron chi connectivity index (χ1n) is 8.68. The molecule has 0 fully saturated rings. The lowest BCUT2D eigenvalue weighted by atomic mass is 10.2. The van der Waals surface area contributed by atoms with Gasteiger partial charge in [0.1, 0.15) is 11.6 Å². The van der Waals surface area contributed by atoms with Crippen molar-refractivity contribution in [3.8, 4) is 5.75 Å². The molecule has 2 aromatic carbocycles. The second kappa shape index (κ2) is 8.33. The second-order valence-electron chi connectivity index (χ2n) is 5.86. The number of methoxy groups -OCH3 is 1. The number of hydrogen-bond acceptors (Lipinski definition) is 5. The molecule has 0 spiro atoms. The first-order chi connectivity index (χ1) is 12.3. The van der Waals surface area contributed by atoms with Gasteiger partial charge in [-0.3, -0.25) is 0 Å². The number of hydrogen-bond donors (Lipinski definition) is 2. The molecule has 3 aromatic rings. The molecule has 0 radical (unpaired) electrons. The minimum absolute atomic E-state index is 0.638. The number of aromatic nitrogens is 2. The van der Waals surface area contributed by atoms with Crippen LogP contribution in [0.2, 0.25) is 0 Å². The summed E-state index contributed by atoms with van der Waals surface area (Å²) >= 11 is 0. The summed E-state index contributed by atoms with van der Waals surface area (Å²) < 4.78 is 5.43. The van der Waals surface area contributed by atoms with Crippen LogP contribution in [0.4, 0.5) is 11.8 Å². The molecule has 0 atom stereocenters. The van der Waals surface area contributed by atoms with Crippen molar-refractivity contribution in [2.24, 2.45) is 0 Å². The first kappa shape index (κ1) is 17.0. The monoisotopic (exact) mass is 336 g/mol. The van der Waals surface area contributed by atoms with Crippen LogP contribution in [0.25, 0.3) is 10.9 Å². The molecule has 0 saturated carbocycles. The van der Waals surface area contributed by atoms with Crippen molar-refractivity contribution in [2.45, 2.75) is 26.3 Å². The van der Waals surface area contributed by atoms with Crippen molar-refractivity contribution in [1.82, 2.24) is 9.97 Å². The van der Waals surface area contributed by atoms with E-state index in [4.69, 9.17) is 4.74 Å². The zero-order valence-electron chi connectivity index (χ0n) is 14.7. The molecule has 0 aliphatic rings. The van der Waals surface area contributed by atoms with Crippen LogP contribution in [0.3, 0.4) is 0 Å². The van der Waals surface area contributed by atoms with Gasteiger partial charge in [0, 0.05) is 24.0 Å². The summed E-state index contributed by atoms with van der Waals surface area (Å²) in [5, 5.41) is 7.76. The molecule has 0 saturated heterocycles. The van der Waals surface area contributed by atoms with Crippen molar-refractivity contribution < 1.29 is 4.74 Å². The van der Waals surface area contributed by atoms with E-state index in [2.05, 4.69) is 33.6 Å². The van der Waals surface area contributed by atoms with E-state index in [1.807, 2.05) is 42.5 Å². The number of fused-ring (bicyclic) bond motifs is 1. The highest BCUT2D eigenvalue weighted by Gasteiger charge is 2.08. The number of nitrogens with zero attached hydrogens (tertiary/aromatic N) is 2. The number of ether oxygens (including phenoxy) is 1. The first-order valence-corrected chi connectivity index (χ1v) is 8.68. The Morgan fingerprint density at radius 2 is 1.76 bits per heavy atom. The molecule has 0 bridgehead atoms. The Hall–Kier alpha value is -2.82. The number of benzene rings is 2. The average molecular weight is 336 g/mol. The van der Waals surface area contributed by atoms with E-state index in [0.717, 1.165) is 47.4 Å². The van der Waals surface area contributed by atoms with Crippen LogP contribution in [-0.4, -0.2) is 23.6 Å². The normalized spacial score (nSPS) is 10.6. The molecule has 1 heterocycles. The minimum atomic E-state index is 0.638. The molecule has 0 aliphatic heterocycles. The lowest BCUT2D eigenvalue weighted by Gasteiger charge is -2.13. The maximum absolute atomic E-state index is 5.43. The Balaban J connectivity index is 1.85.